The number of rotatable bonds is 6. The lowest BCUT2D eigenvalue weighted by molar-refractivity contribution is 0.217. The van der Waals surface area contributed by atoms with E-state index >= 15 is 0 Å². The summed E-state index contributed by atoms with van der Waals surface area (Å²) in [5, 5.41) is 8.90. The molecule has 18 heavy (non-hydrogen) atoms. The average Bonchev–Trinajstić information content (AvgIpc) is 2.33. The van der Waals surface area contributed by atoms with Crippen molar-refractivity contribution in [2.24, 2.45) is 0 Å². The van der Waals surface area contributed by atoms with E-state index in [1.54, 1.807) is 19.2 Å². The van der Waals surface area contributed by atoms with Gasteiger partial charge in [-0.3, -0.25) is 0 Å². The average molecular weight is 256 g/mol. The summed E-state index contributed by atoms with van der Waals surface area (Å²) in [5.41, 5.74) is -0.0348. The van der Waals surface area contributed by atoms with Crippen molar-refractivity contribution in [1.82, 2.24) is 0 Å². The molecule has 102 valence electrons. The number of aliphatic hydroxyl groups excluding tert-OH is 1. The van der Waals surface area contributed by atoms with Crippen molar-refractivity contribution in [3.8, 4) is 11.5 Å². The first kappa shape index (κ1) is 14.8. The second-order valence-electron chi connectivity index (χ2n) is 4.66. The minimum atomic E-state index is -1.45. The summed E-state index contributed by atoms with van der Waals surface area (Å²) in [6.45, 7) is 3.11. The Bertz CT molecular complexity index is 397. The Morgan fingerprint density at radius 2 is 1.72 bits per heavy atom. The van der Waals surface area contributed by atoms with Crippen LogP contribution in [0.3, 0.4) is 0 Å². The largest absolute Gasteiger partial charge is 0.493 e. The third-order valence-corrected chi connectivity index (χ3v) is 2.85. The van der Waals surface area contributed by atoms with Crippen LogP contribution in [0.1, 0.15) is 31.4 Å². The summed E-state index contributed by atoms with van der Waals surface area (Å²) in [6.07, 6.45) is 1.21. The number of alkyl halides is 1. The molecule has 1 N–H and O–H groups in total. The smallest absolute Gasteiger partial charge is 0.161 e. The van der Waals surface area contributed by atoms with E-state index in [0.717, 1.165) is 5.56 Å². The molecule has 0 amide bonds. The molecule has 0 saturated carbocycles. The minimum Gasteiger partial charge on any atom is -0.493 e. The lowest BCUT2D eigenvalue weighted by Gasteiger charge is -2.21. The van der Waals surface area contributed by atoms with E-state index in [0.29, 0.717) is 29.9 Å². The molecule has 1 rings (SSSR count). The van der Waals surface area contributed by atoms with Gasteiger partial charge < -0.3 is 14.6 Å². The van der Waals surface area contributed by atoms with Gasteiger partial charge in [-0.1, -0.05) is 0 Å². The van der Waals surface area contributed by atoms with Crippen molar-refractivity contribution in [3.63, 3.8) is 0 Å². The molecule has 0 radical (unpaired) electrons. The van der Waals surface area contributed by atoms with E-state index in [-0.39, 0.29) is 6.61 Å². The van der Waals surface area contributed by atoms with Crippen LogP contribution in [0, 0.1) is 0 Å². The van der Waals surface area contributed by atoms with Crippen LogP contribution in [-0.2, 0) is 12.1 Å². The predicted molar refractivity (Wildman–Crippen MR) is 69.1 cm³/mol. The van der Waals surface area contributed by atoms with Gasteiger partial charge in [0, 0.05) is 6.61 Å². The van der Waals surface area contributed by atoms with E-state index in [1.807, 2.05) is 0 Å². The number of hydrogen-bond acceptors (Lipinski definition) is 3. The maximum absolute atomic E-state index is 14.2. The van der Waals surface area contributed by atoms with Gasteiger partial charge in [-0.05, 0) is 49.9 Å². The van der Waals surface area contributed by atoms with Crippen LogP contribution >= 0.6 is 0 Å². The molecule has 3 nitrogen and oxygen atoms in total. The number of halogens is 1. The van der Waals surface area contributed by atoms with Gasteiger partial charge in [0.05, 0.1) is 14.2 Å². The number of methoxy groups -OCH3 is 2. The van der Waals surface area contributed by atoms with Gasteiger partial charge in [0.2, 0.25) is 0 Å². The number of ether oxygens (including phenoxy) is 2. The third-order valence-electron chi connectivity index (χ3n) is 2.85. The van der Waals surface area contributed by atoms with Gasteiger partial charge in [-0.25, -0.2) is 4.39 Å². The van der Waals surface area contributed by atoms with Crippen LogP contribution in [0.2, 0.25) is 0 Å². The molecule has 0 atom stereocenters. The Morgan fingerprint density at radius 3 is 2.17 bits per heavy atom. The van der Waals surface area contributed by atoms with Crippen molar-refractivity contribution in [1.29, 1.82) is 0 Å². The Hall–Kier alpha value is -1.29. The standard InChI is InChI=1S/C14H21FO3/c1-14(2,15)11-9-13(18-4)12(17-3)8-10(11)6-5-7-16/h8-9,16H,5-7H2,1-4H3. The van der Waals surface area contributed by atoms with Crippen molar-refractivity contribution >= 4 is 0 Å². The highest BCUT2D eigenvalue weighted by molar-refractivity contribution is 5.49. The molecule has 1 aromatic rings. The maximum atomic E-state index is 14.2. The second-order valence-corrected chi connectivity index (χ2v) is 4.66. The van der Waals surface area contributed by atoms with Gasteiger partial charge in [0.25, 0.3) is 0 Å². The third kappa shape index (κ3) is 3.35. The Kier molecular flexibility index (Phi) is 4.96. The summed E-state index contributed by atoms with van der Waals surface area (Å²) < 4.78 is 24.6. The van der Waals surface area contributed by atoms with Crippen LogP contribution in [-0.4, -0.2) is 25.9 Å². The molecule has 0 saturated heterocycles. The zero-order chi connectivity index (χ0) is 13.8. The molecule has 0 aliphatic carbocycles. The monoisotopic (exact) mass is 256 g/mol. The Morgan fingerprint density at radius 1 is 1.17 bits per heavy atom. The molecule has 0 aliphatic rings. The van der Waals surface area contributed by atoms with Gasteiger partial charge >= 0.3 is 0 Å². The molecule has 0 fully saturated rings. The Balaban J connectivity index is 3.27. The van der Waals surface area contributed by atoms with Crippen LogP contribution in [0.25, 0.3) is 0 Å². The number of benzene rings is 1. The van der Waals surface area contributed by atoms with E-state index in [9.17, 15) is 4.39 Å². The van der Waals surface area contributed by atoms with Crippen LogP contribution in [0.15, 0.2) is 12.1 Å². The summed E-state index contributed by atoms with van der Waals surface area (Å²) >= 11 is 0. The first-order valence-electron chi connectivity index (χ1n) is 5.99. The zero-order valence-electron chi connectivity index (χ0n) is 11.4. The predicted octanol–water partition coefficient (Wildman–Crippen LogP) is 2.83. The van der Waals surface area contributed by atoms with E-state index in [1.165, 1.54) is 21.0 Å². The van der Waals surface area contributed by atoms with E-state index in [4.69, 9.17) is 14.6 Å². The number of aliphatic hydroxyl groups is 1. The second kappa shape index (κ2) is 6.05. The molecule has 0 aliphatic heterocycles. The maximum Gasteiger partial charge on any atom is 0.161 e. The van der Waals surface area contributed by atoms with Gasteiger partial charge in [0.1, 0.15) is 5.67 Å². The van der Waals surface area contributed by atoms with Crippen molar-refractivity contribution < 1.29 is 19.0 Å². The molecule has 0 bridgehead atoms. The van der Waals surface area contributed by atoms with E-state index in [2.05, 4.69) is 0 Å². The fourth-order valence-electron chi connectivity index (χ4n) is 1.95. The van der Waals surface area contributed by atoms with E-state index < -0.39 is 5.67 Å². The number of hydrogen-bond donors (Lipinski definition) is 1. The van der Waals surface area contributed by atoms with Crippen LogP contribution < -0.4 is 9.47 Å². The fraction of sp³-hybridized carbons (Fsp3) is 0.571. The molecule has 0 heterocycles. The first-order valence-corrected chi connectivity index (χ1v) is 5.99. The first-order chi connectivity index (χ1) is 8.43. The Labute approximate surface area is 108 Å². The molecule has 0 aromatic heterocycles. The molecule has 0 unspecified atom stereocenters. The summed E-state index contributed by atoms with van der Waals surface area (Å²) in [7, 11) is 3.08. The normalized spacial score (nSPS) is 11.4. The summed E-state index contributed by atoms with van der Waals surface area (Å²) in [5.74, 6) is 1.10. The van der Waals surface area contributed by atoms with Gasteiger partial charge in [-0.15, -0.1) is 0 Å². The molecular formula is C14H21FO3. The van der Waals surface area contributed by atoms with Crippen molar-refractivity contribution in [3.05, 3.63) is 23.3 Å². The van der Waals surface area contributed by atoms with Gasteiger partial charge in [-0.2, -0.15) is 0 Å². The minimum absolute atomic E-state index is 0.0838. The van der Waals surface area contributed by atoms with Crippen LogP contribution in [0.4, 0.5) is 4.39 Å². The van der Waals surface area contributed by atoms with Crippen LogP contribution in [0.5, 0.6) is 11.5 Å². The lowest BCUT2D eigenvalue weighted by Crippen LogP contribution is -2.13. The van der Waals surface area contributed by atoms with Crippen molar-refractivity contribution in [2.75, 3.05) is 20.8 Å². The highest BCUT2D eigenvalue weighted by Crippen LogP contribution is 2.37. The highest BCUT2D eigenvalue weighted by Gasteiger charge is 2.24. The van der Waals surface area contributed by atoms with Crippen molar-refractivity contribution in [2.45, 2.75) is 32.4 Å². The fourth-order valence-corrected chi connectivity index (χ4v) is 1.95. The molecule has 0 spiro atoms. The molecule has 4 heteroatoms. The highest BCUT2D eigenvalue weighted by atomic mass is 19.1. The summed E-state index contributed by atoms with van der Waals surface area (Å²) in [6, 6.07) is 3.46. The number of aryl methyl sites for hydroxylation is 1. The zero-order valence-corrected chi connectivity index (χ0v) is 11.4. The lowest BCUT2D eigenvalue weighted by atomic mass is 9.91. The SMILES string of the molecule is COc1cc(CCCO)c(C(C)(C)F)cc1OC. The molecular weight excluding hydrogens is 235 g/mol. The quantitative estimate of drug-likeness (QED) is 0.850. The topological polar surface area (TPSA) is 38.7 Å². The molecule has 1 aromatic carbocycles. The van der Waals surface area contributed by atoms with Gasteiger partial charge in [0.15, 0.2) is 11.5 Å². The summed E-state index contributed by atoms with van der Waals surface area (Å²) in [4.78, 5) is 0.